The molecule has 20 heavy (non-hydrogen) atoms. The second-order valence-corrected chi connectivity index (χ2v) is 7.16. The Morgan fingerprint density at radius 2 is 1.55 bits per heavy atom. The Bertz CT molecular complexity index is 749. The molecule has 0 bridgehead atoms. The Kier molecular flexibility index (Phi) is 3.86. The molecule has 2 N–H and O–H groups in total. The second-order valence-electron chi connectivity index (χ2n) is 5.20. The van der Waals surface area contributed by atoms with Gasteiger partial charge in [0.05, 0.1) is 10.6 Å². The lowest BCUT2D eigenvalue weighted by Gasteiger charge is -2.10. The predicted molar refractivity (Wildman–Crippen MR) is 82.4 cm³/mol. The van der Waals surface area contributed by atoms with E-state index in [-0.39, 0.29) is 5.75 Å². The Balaban J connectivity index is 2.40. The van der Waals surface area contributed by atoms with Gasteiger partial charge in [0.1, 0.15) is 0 Å². The summed E-state index contributed by atoms with van der Waals surface area (Å²) in [6.45, 7) is 5.78. The Labute approximate surface area is 120 Å². The minimum Gasteiger partial charge on any atom is -0.399 e. The fourth-order valence-electron chi connectivity index (χ4n) is 2.14. The maximum absolute atomic E-state index is 12.5. The number of rotatable bonds is 3. The van der Waals surface area contributed by atoms with Crippen molar-refractivity contribution in [3.8, 4) is 0 Å². The minimum absolute atomic E-state index is 0.00157. The molecule has 2 aromatic rings. The number of aryl methyl sites for hydroxylation is 3. The summed E-state index contributed by atoms with van der Waals surface area (Å²) in [6.07, 6.45) is 0. The van der Waals surface area contributed by atoms with Gasteiger partial charge in [-0.2, -0.15) is 0 Å². The van der Waals surface area contributed by atoms with E-state index in [2.05, 4.69) is 0 Å². The molecule has 0 aliphatic carbocycles. The molecule has 0 heterocycles. The van der Waals surface area contributed by atoms with Gasteiger partial charge in [-0.05, 0) is 55.2 Å². The van der Waals surface area contributed by atoms with Gasteiger partial charge >= 0.3 is 0 Å². The quantitative estimate of drug-likeness (QED) is 0.883. The van der Waals surface area contributed by atoms with Gasteiger partial charge < -0.3 is 5.73 Å². The number of hydrogen-bond acceptors (Lipinski definition) is 3. The van der Waals surface area contributed by atoms with E-state index in [4.69, 9.17) is 5.73 Å². The zero-order valence-corrected chi connectivity index (χ0v) is 12.8. The number of nitrogens with two attached hydrogens (primary N) is 1. The molecule has 0 unspecified atom stereocenters. The van der Waals surface area contributed by atoms with Gasteiger partial charge in [-0.3, -0.25) is 0 Å². The standard InChI is InChI=1S/C16H19NO2S/c1-11-4-6-14(8-13(11)3)10-20(18,19)16-9-15(17)7-5-12(16)2/h4-9H,10,17H2,1-3H3. The normalized spacial score (nSPS) is 11.6. The first-order valence-corrected chi connectivity index (χ1v) is 8.10. The fourth-order valence-corrected chi connectivity index (χ4v) is 3.79. The Morgan fingerprint density at radius 3 is 2.20 bits per heavy atom. The number of hydrogen-bond donors (Lipinski definition) is 1. The zero-order chi connectivity index (χ0) is 14.9. The third-order valence-corrected chi connectivity index (χ3v) is 5.30. The van der Waals surface area contributed by atoms with Crippen molar-refractivity contribution in [1.82, 2.24) is 0 Å². The molecule has 0 atom stereocenters. The number of benzene rings is 2. The molecule has 3 nitrogen and oxygen atoms in total. The highest BCUT2D eigenvalue weighted by Crippen LogP contribution is 2.23. The fraction of sp³-hybridized carbons (Fsp3) is 0.250. The van der Waals surface area contributed by atoms with Crippen LogP contribution in [0.1, 0.15) is 22.3 Å². The SMILES string of the molecule is Cc1ccc(CS(=O)(=O)c2cc(N)ccc2C)cc1C. The maximum Gasteiger partial charge on any atom is 0.182 e. The molecule has 0 aliphatic heterocycles. The second kappa shape index (κ2) is 5.29. The average molecular weight is 289 g/mol. The number of sulfone groups is 1. The lowest BCUT2D eigenvalue weighted by atomic mass is 10.1. The molecule has 0 amide bonds. The summed E-state index contributed by atoms with van der Waals surface area (Å²) in [7, 11) is -3.38. The van der Waals surface area contributed by atoms with E-state index in [1.807, 2.05) is 32.0 Å². The molecule has 0 saturated carbocycles. The van der Waals surface area contributed by atoms with Gasteiger partial charge in [-0.25, -0.2) is 8.42 Å². The molecule has 0 saturated heterocycles. The van der Waals surface area contributed by atoms with E-state index in [1.54, 1.807) is 19.1 Å². The van der Waals surface area contributed by atoms with Crippen LogP contribution in [0.15, 0.2) is 41.3 Å². The van der Waals surface area contributed by atoms with Gasteiger partial charge in [0.15, 0.2) is 9.84 Å². The van der Waals surface area contributed by atoms with Crippen LogP contribution < -0.4 is 5.73 Å². The average Bonchev–Trinajstić information content (AvgIpc) is 2.36. The largest absolute Gasteiger partial charge is 0.399 e. The molecule has 2 rings (SSSR count). The van der Waals surface area contributed by atoms with Crippen LogP contribution in [0.5, 0.6) is 0 Å². The van der Waals surface area contributed by atoms with Gasteiger partial charge in [0.2, 0.25) is 0 Å². The smallest absolute Gasteiger partial charge is 0.182 e. The molecule has 4 heteroatoms. The molecule has 0 fully saturated rings. The van der Waals surface area contributed by atoms with Crippen LogP contribution in [0.4, 0.5) is 5.69 Å². The van der Waals surface area contributed by atoms with Gasteiger partial charge in [-0.15, -0.1) is 0 Å². The van der Waals surface area contributed by atoms with E-state index in [0.717, 1.165) is 22.3 Å². The number of anilines is 1. The van der Waals surface area contributed by atoms with Crippen LogP contribution >= 0.6 is 0 Å². The monoisotopic (exact) mass is 289 g/mol. The van der Waals surface area contributed by atoms with Crippen LogP contribution in [-0.4, -0.2) is 8.42 Å². The predicted octanol–water partition coefficient (Wildman–Crippen LogP) is 3.17. The highest BCUT2D eigenvalue weighted by atomic mass is 32.2. The van der Waals surface area contributed by atoms with Crippen molar-refractivity contribution in [2.75, 3.05) is 5.73 Å². The first-order valence-electron chi connectivity index (χ1n) is 6.44. The van der Waals surface area contributed by atoms with E-state index in [1.165, 1.54) is 6.07 Å². The van der Waals surface area contributed by atoms with E-state index in [9.17, 15) is 8.42 Å². The summed E-state index contributed by atoms with van der Waals surface area (Å²) in [5, 5.41) is 0. The van der Waals surface area contributed by atoms with Crippen molar-refractivity contribution in [3.05, 3.63) is 58.7 Å². The third kappa shape index (κ3) is 3.02. The highest BCUT2D eigenvalue weighted by Gasteiger charge is 2.18. The maximum atomic E-state index is 12.5. The summed E-state index contributed by atoms with van der Waals surface area (Å²) in [4.78, 5) is 0.315. The highest BCUT2D eigenvalue weighted by molar-refractivity contribution is 7.90. The van der Waals surface area contributed by atoms with Crippen LogP contribution in [0.3, 0.4) is 0 Å². The van der Waals surface area contributed by atoms with E-state index in [0.29, 0.717) is 10.6 Å². The topological polar surface area (TPSA) is 60.2 Å². The molecule has 0 radical (unpaired) electrons. The zero-order valence-electron chi connectivity index (χ0n) is 12.0. The van der Waals surface area contributed by atoms with Crippen molar-refractivity contribution >= 4 is 15.5 Å². The van der Waals surface area contributed by atoms with Crippen LogP contribution in [0, 0.1) is 20.8 Å². The summed E-state index contributed by atoms with van der Waals surface area (Å²) < 4.78 is 25.0. The van der Waals surface area contributed by atoms with Crippen molar-refractivity contribution in [1.29, 1.82) is 0 Å². The molecule has 0 spiro atoms. The van der Waals surface area contributed by atoms with Crippen molar-refractivity contribution in [3.63, 3.8) is 0 Å². The van der Waals surface area contributed by atoms with Gasteiger partial charge in [0.25, 0.3) is 0 Å². The molecular weight excluding hydrogens is 270 g/mol. The van der Waals surface area contributed by atoms with Gasteiger partial charge in [-0.1, -0.05) is 24.3 Å². The van der Waals surface area contributed by atoms with E-state index < -0.39 is 9.84 Å². The Hall–Kier alpha value is -1.81. The van der Waals surface area contributed by atoms with Crippen molar-refractivity contribution in [2.45, 2.75) is 31.4 Å². The lowest BCUT2D eigenvalue weighted by Crippen LogP contribution is -2.08. The molecule has 0 aromatic heterocycles. The summed E-state index contributed by atoms with van der Waals surface area (Å²) in [5.41, 5.74) is 9.95. The summed E-state index contributed by atoms with van der Waals surface area (Å²) in [6, 6.07) is 10.7. The first kappa shape index (κ1) is 14.6. The van der Waals surface area contributed by atoms with Crippen LogP contribution in [-0.2, 0) is 15.6 Å². The molecular formula is C16H19NO2S. The van der Waals surface area contributed by atoms with E-state index >= 15 is 0 Å². The van der Waals surface area contributed by atoms with Gasteiger partial charge in [0, 0.05) is 5.69 Å². The molecule has 0 aliphatic rings. The van der Waals surface area contributed by atoms with Crippen LogP contribution in [0.25, 0.3) is 0 Å². The lowest BCUT2D eigenvalue weighted by molar-refractivity contribution is 0.594. The molecule has 2 aromatic carbocycles. The molecule has 106 valence electrons. The van der Waals surface area contributed by atoms with Crippen LogP contribution in [0.2, 0.25) is 0 Å². The Morgan fingerprint density at radius 1 is 0.900 bits per heavy atom. The first-order chi connectivity index (χ1) is 9.29. The van der Waals surface area contributed by atoms with Crippen molar-refractivity contribution in [2.24, 2.45) is 0 Å². The minimum atomic E-state index is -3.38. The summed E-state index contributed by atoms with van der Waals surface area (Å²) >= 11 is 0. The van der Waals surface area contributed by atoms with Crippen molar-refractivity contribution < 1.29 is 8.42 Å². The third-order valence-electron chi connectivity index (χ3n) is 3.48. The number of nitrogen functional groups attached to an aromatic ring is 1. The summed E-state index contributed by atoms with van der Waals surface area (Å²) in [5.74, 6) is -0.00157.